The molecule has 0 radical (unpaired) electrons. The summed E-state index contributed by atoms with van der Waals surface area (Å²) in [6.07, 6.45) is 1.66. The maximum Gasteiger partial charge on any atom is 0.307 e. The fourth-order valence-corrected chi connectivity index (χ4v) is 3.35. The van der Waals surface area contributed by atoms with Gasteiger partial charge in [0.2, 0.25) is 0 Å². The Morgan fingerprint density at radius 1 is 1.37 bits per heavy atom. The van der Waals surface area contributed by atoms with Crippen LogP contribution < -0.4 is 0 Å². The maximum atomic E-state index is 11.4. The fourth-order valence-electron chi connectivity index (χ4n) is 3.35. The molecule has 1 N–H and O–H groups in total. The zero-order valence-electron chi connectivity index (χ0n) is 11.2. The summed E-state index contributed by atoms with van der Waals surface area (Å²) in [6, 6.07) is 7.96. The van der Waals surface area contributed by atoms with E-state index in [0.717, 1.165) is 29.7 Å². The van der Waals surface area contributed by atoms with Gasteiger partial charge in [-0.3, -0.25) is 4.79 Å². The van der Waals surface area contributed by atoms with Crippen molar-refractivity contribution in [2.75, 3.05) is 0 Å². The number of aromatic nitrogens is 2. The predicted octanol–water partition coefficient (Wildman–Crippen LogP) is 2.79. The van der Waals surface area contributed by atoms with E-state index in [1.165, 1.54) is 0 Å². The zero-order chi connectivity index (χ0) is 13.6. The number of aliphatic carboxylic acids is 1. The highest BCUT2D eigenvalue weighted by Crippen LogP contribution is 2.43. The van der Waals surface area contributed by atoms with Crippen molar-refractivity contribution in [2.24, 2.45) is 18.9 Å². The van der Waals surface area contributed by atoms with Crippen molar-refractivity contribution in [3.63, 3.8) is 0 Å². The molecule has 100 valence electrons. The van der Waals surface area contributed by atoms with Gasteiger partial charge in [0, 0.05) is 13.0 Å². The second-order valence-corrected chi connectivity index (χ2v) is 5.65. The minimum absolute atomic E-state index is 0.0323. The summed E-state index contributed by atoms with van der Waals surface area (Å²) < 4.78 is 2.05. The summed E-state index contributed by atoms with van der Waals surface area (Å²) in [7, 11) is 1.98. The van der Waals surface area contributed by atoms with Crippen LogP contribution in [-0.4, -0.2) is 20.6 Å². The molecule has 0 spiro atoms. The average Bonchev–Trinajstić information content (AvgIpc) is 2.91. The molecule has 1 aromatic carbocycles. The number of carboxylic acids is 1. The van der Waals surface area contributed by atoms with E-state index < -0.39 is 5.97 Å². The van der Waals surface area contributed by atoms with Gasteiger partial charge in [0.1, 0.15) is 5.82 Å². The molecule has 0 saturated heterocycles. The molecule has 3 rings (SSSR count). The smallest absolute Gasteiger partial charge is 0.307 e. The van der Waals surface area contributed by atoms with Gasteiger partial charge in [-0.25, -0.2) is 4.98 Å². The highest BCUT2D eigenvalue weighted by molar-refractivity contribution is 5.77. The van der Waals surface area contributed by atoms with Gasteiger partial charge in [-0.15, -0.1) is 0 Å². The first kappa shape index (κ1) is 12.2. The summed E-state index contributed by atoms with van der Waals surface area (Å²) in [4.78, 5) is 16.1. The van der Waals surface area contributed by atoms with Crippen LogP contribution in [0.4, 0.5) is 0 Å². The first-order valence-electron chi connectivity index (χ1n) is 6.72. The summed E-state index contributed by atoms with van der Waals surface area (Å²) in [5.74, 6) is 0.403. The SMILES string of the molecule is CC1CC(C(=O)O)C(c2nc3ccccc3n2C)C1. The van der Waals surface area contributed by atoms with Crippen molar-refractivity contribution in [1.82, 2.24) is 9.55 Å². The van der Waals surface area contributed by atoms with E-state index >= 15 is 0 Å². The van der Waals surface area contributed by atoms with Gasteiger partial charge >= 0.3 is 5.97 Å². The Bertz CT molecular complexity index is 632. The van der Waals surface area contributed by atoms with E-state index in [2.05, 4.69) is 11.9 Å². The molecule has 4 nitrogen and oxygen atoms in total. The number of benzene rings is 1. The molecule has 1 heterocycles. The number of hydrogen-bond donors (Lipinski definition) is 1. The van der Waals surface area contributed by atoms with Crippen molar-refractivity contribution < 1.29 is 9.90 Å². The fraction of sp³-hybridized carbons (Fsp3) is 0.467. The van der Waals surface area contributed by atoms with Crippen LogP contribution in [0.1, 0.15) is 31.5 Å². The van der Waals surface area contributed by atoms with Gasteiger partial charge in [0.05, 0.1) is 17.0 Å². The van der Waals surface area contributed by atoms with E-state index in [1.54, 1.807) is 0 Å². The number of aryl methyl sites for hydroxylation is 1. The number of carbonyl (C=O) groups is 1. The molecule has 1 aliphatic rings. The minimum Gasteiger partial charge on any atom is -0.481 e. The highest BCUT2D eigenvalue weighted by Gasteiger charge is 2.40. The van der Waals surface area contributed by atoms with E-state index in [9.17, 15) is 9.90 Å². The molecule has 1 saturated carbocycles. The van der Waals surface area contributed by atoms with Crippen LogP contribution in [0.25, 0.3) is 11.0 Å². The molecule has 0 amide bonds. The minimum atomic E-state index is -0.693. The molecule has 1 aliphatic carbocycles. The van der Waals surface area contributed by atoms with Gasteiger partial charge in [-0.2, -0.15) is 0 Å². The Morgan fingerprint density at radius 3 is 2.79 bits per heavy atom. The third-order valence-corrected chi connectivity index (χ3v) is 4.27. The van der Waals surface area contributed by atoms with Crippen LogP contribution in [0, 0.1) is 11.8 Å². The lowest BCUT2D eigenvalue weighted by molar-refractivity contribution is -0.142. The van der Waals surface area contributed by atoms with Crippen LogP contribution in [0.5, 0.6) is 0 Å². The van der Waals surface area contributed by atoms with Crippen LogP contribution in [-0.2, 0) is 11.8 Å². The Hall–Kier alpha value is -1.84. The Kier molecular flexibility index (Phi) is 2.81. The van der Waals surface area contributed by atoms with Gasteiger partial charge in [-0.1, -0.05) is 19.1 Å². The monoisotopic (exact) mass is 258 g/mol. The number of carboxylic acid groups (broad SMARTS) is 1. The van der Waals surface area contributed by atoms with E-state index in [1.807, 2.05) is 35.9 Å². The summed E-state index contributed by atoms with van der Waals surface area (Å²) in [6.45, 7) is 2.12. The second-order valence-electron chi connectivity index (χ2n) is 5.65. The van der Waals surface area contributed by atoms with Crippen molar-refractivity contribution in [1.29, 1.82) is 0 Å². The number of para-hydroxylation sites is 2. The second kappa shape index (κ2) is 4.37. The quantitative estimate of drug-likeness (QED) is 0.901. The van der Waals surface area contributed by atoms with Crippen molar-refractivity contribution >= 4 is 17.0 Å². The average molecular weight is 258 g/mol. The topological polar surface area (TPSA) is 55.1 Å². The predicted molar refractivity (Wildman–Crippen MR) is 73.0 cm³/mol. The molecular formula is C15H18N2O2. The molecular weight excluding hydrogens is 240 g/mol. The van der Waals surface area contributed by atoms with Crippen LogP contribution in [0.2, 0.25) is 0 Å². The van der Waals surface area contributed by atoms with Crippen LogP contribution >= 0.6 is 0 Å². The lowest BCUT2D eigenvalue weighted by atomic mass is 9.95. The van der Waals surface area contributed by atoms with Crippen LogP contribution in [0.15, 0.2) is 24.3 Å². The summed E-state index contributed by atoms with van der Waals surface area (Å²) in [5, 5.41) is 9.39. The van der Waals surface area contributed by atoms with Gasteiger partial charge in [0.15, 0.2) is 0 Å². The lowest BCUT2D eigenvalue weighted by Gasteiger charge is -2.15. The molecule has 4 heteroatoms. The molecule has 3 atom stereocenters. The Morgan fingerprint density at radius 2 is 2.11 bits per heavy atom. The Labute approximate surface area is 112 Å². The first-order chi connectivity index (χ1) is 9.08. The van der Waals surface area contributed by atoms with Crippen LogP contribution in [0.3, 0.4) is 0 Å². The third kappa shape index (κ3) is 1.91. The normalized spacial score (nSPS) is 26.9. The summed E-state index contributed by atoms with van der Waals surface area (Å²) >= 11 is 0. The molecule has 19 heavy (non-hydrogen) atoms. The third-order valence-electron chi connectivity index (χ3n) is 4.27. The van der Waals surface area contributed by atoms with Crippen molar-refractivity contribution in [2.45, 2.75) is 25.7 Å². The standard InChI is InChI=1S/C15H18N2O2/c1-9-7-10(11(8-9)15(18)19)14-16-12-5-3-4-6-13(12)17(14)2/h3-6,9-11H,7-8H2,1-2H3,(H,18,19). The molecule has 0 bridgehead atoms. The number of fused-ring (bicyclic) bond motifs is 1. The van der Waals surface area contributed by atoms with Gasteiger partial charge < -0.3 is 9.67 Å². The number of imidazole rings is 1. The molecule has 2 aromatic rings. The largest absolute Gasteiger partial charge is 0.481 e. The van der Waals surface area contributed by atoms with Crippen molar-refractivity contribution in [3.05, 3.63) is 30.1 Å². The lowest BCUT2D eigenvalue weighted by Crippen LogP contribution is -2.19. The summed E-state index contributed by atoms with van der Waals surface area (Å²) in [5.41, 5.74) is 2.02. The number of rotatable bonds is 2. The zero-order valence-corrected chi connectivity index (χ0v) is 11.2. The van der Waals surface area contributed by atoms with Gasteiger partial charge in [0.25, 0.3) is 0 Å². The molecule has 3 unspecified atom stereocenters. The molecule has 0 aliphatic heterocycles. The maximum absolute atomic E-state index is 11.4. The van der Waals surface area contributed by atoms with E-state index in [-0.39, 0.29) is 11.8 Å². The van der Waals surface area contributed by atoms with Gasteiger partial charge in [-0.05, 0) is 30.9 Å². The first-order valence-corrected chi connectivity index (χ1v) is 6.72. The van der Waals surface area contributed by atoms with Crippen molar-refractivity contribution in [3.8, 4) is 0 Å². The molecule has 1 aromatic heterocycles. The number of nitrogens with zero attached hydrogens (tertiary/aromatic N) is 2. The highest BCUT2D eigenvalue weighted by atomic mass is 16.4. The molecule has 1 fully saturated rings. The van der Waals surface area contributed by atoms with E-state index in [4.69, 9.17) is 0 Å². The van der Waals surface area contributed by atoms with E-state index in [0.29, 0.717) is 5.92 Å². The Balaban J connectivity index is 2.08. The number of hydrogen-bond acceptors (Lipinski definition) is 2.